The zero-order valence-electron chi connectivity index (χ0n) is 14.4. The van der Waals surface area contributed by atoms with Crippen LogP contribution in [0.1, 0.15) is 23.6 Å². The molecule has 3 rings (SSSR count). The van der Waals surface area contributed by atoms with Crippen LogP contribution in [0.5, 0.6) is 0 Å². The van der Waals surface area contributed by atoms with Gasteiger partial charge in [0.2, 0.25) is 5.91 Å². The summed E-state index contributed by atoms with van der Waals surface area (Å²) in [6.07, 6.45) is 0. The number of benzene rings is 2. The Balaban J connectivity index is 1.94. The summed E-state index contributed by atoms with van der Waals surface area (Å²) in [5.41, 5.74) is 4.06. The summed E-state index contributed by atoms with van der Waals surface area (Å²) in [5, 5.41) is 3.58. The van der Waals surface area contributed by atoms with E-state index in [2.05, 4.69) is 37.4 Å². The van der Waals surface area contributed by atoms with E-state index in [-0.39, 0.29) is 11.5 Å². The van der Waals surface area contributed by atoms with E-state index >= 15 is 0 Å². The number of nitrogens with one attached hydrogen (secondary N) is 1. The third kappa shape index (κ3) is 4.12. The van der Waals surface area contributed by atoms with Crippen LogP contribution in [-0.4, -0.2) is 5.91 Å². The molecular weight excluding hydrogens is 334 g/mol. The van der Waals surface area contributed by atoms with Gasteiger partial charge in [0.15, 0.2) is 0 Å². The van der Waals surface area contributed by atoms with Crippen LogP contribution in [0.25, 0.3) is 11.0 Å². The topological polar surface area (TPSA) is 59.3 Å². The van der Waals surface area contributed by atoms with Crippen LogP contribution in [-0.2, 0) is 10.5 Å². The van der Waals surface area contributed by atoms with Crippen molar-refractivity contribution < 1.29 is 9.21 Å². The summed E-state index contributed by atoms with van der Waals surface area (Å²) in [6, 6.07) is 13.3. The molecule has 3 aromatic rings. The lowest BCUT2D eigenvalue weighted by Crippen LogP contribution is -2.06. The zero-order chi connectivity index (χ0) is 18.0. The van der Waals surface area contributed by atoms with E-state index in [1.54, 1.807) is 23.9 Å². The molecule has 0 fully saturated rings. The Labute approximate surface area is 150 Å². The molecule has 25 heavy (non-hydrogen) atoms. The summed E-state index contributed by atoms with van der Waals surface area (Å²) in [4.78, 5) is 24.3. The van der Waals surface area contributed by atoms with E-state index in [1.165, 1.54) is 22.9 Å². The van der Waals surface area contributed by atoms with Gasteiger partial charge in [-0.05, 0) is 43.2 Å². The van der Waals surface area contributed by atoms with Crippen LogP contribution in [0.15, 0.2) is 56.6 Å². The maximum atomic E-state index is 11.9. The van der Waals surface area contributed by atoms with Crippen molar-refractivity contribution >= 4 is 34.3 Å². The van der Waals surface area contributed by atoms with Gasteiger partial charge in [-0.1, -0.05) is 17.7 Å². The van der Waals surface area contributed by atoms with Crippen molar-refractivity contribution in [2.45, 2.75) is 31.4 Å². The Morgan fingerprint density at radius 2 is 1.92 bits per heavy atom. The standard InChI is InChI=1S/C20H19NO3S/c1-12-4-5-13(2)19(8-12)25-11-15-9-20(23)24-18-10-16(21-14(3)22)6-7-17(15)18/h4-10H,11H2,1-3H3,(H,21,22). The fraction of sp³-hybridized carbons (Fsp3) is 0.200. The van der Waals surface area contributed by atoms with Crippen LogP contribution in [0.3, 0.4) is 0 Å². The second-order valence-corrected chi connectivity index (χ2v) is 7.06. The van der Waals surface area contributed by atoms with E-state index in [0.717, 1.165) is 10.9 Å². The smallest absolute Gasteiger partial charge is 0.336 e. The van der Waals surface area contributed by atoms with Crippen molar-refractivity contribution in [3.63, 3.8) is 0 Å². The molecule has 0 atom stereocenters. The number of thioether (sulfide) groups is 1. The molecule has 5 heteroatoms. The van der Waals surface area contributed by atoms with E-state index < -0.39 is 0 Å². The molecule has 0 saturated heterocycles. The Morgan fingerprint density at radius 3 is 2.68 bits per heavy atom. The molecule has 0 saturated carbocycles. The van der Waals surface area contributed by atoms with Crippen molar-refractivity contribution in [1.29, 1.82) is 0 Å². The second kappa shape index (κ2) is 7.15. The molecule has 0 aliphatic rings. The highest BCUT2D eigenvalue weighted by atomic mass is 32.2. The predicted molar refractivity (Wildman–Crippen MR) is 102 cm³/mol. The van der Waals surface area contributed by atoms with Gasteiger partial charge in [-0.3, -0.25) is 4.79 Å². The molecule has 0 spiro atoms. The Bertz CT molecular complexity index is 1010. The first-order valence-electron chi connectivity index (χ1n) is 7.97. The number of hydrogen-bond acceptors (Lipinski definition) is 4. The fourth-order valence-corrected chi connectivity index (χ4v) is 3.76. The number of fused-ring (bicyclic) bond motifs is 1. The van der Waals surface area contributed by atoms with Gasteiger partial charge in [-0.15, -0.1) is 11.8 Å². The largest absolute Gasteiger partial charge is 0.423 e. The van der Waals surface area contributed by atoms with Crippen molar-refractivity contribution in [2.24, 2.45) is 0 Å². The van der Waals surface area contributed by atoms with Crippen LogP contribution in [0.4, 0.5) is 5.69 Å². The van der Waals surface area contributed by atoms with Gasteiger partial charge in [-0.25, -0.2) is 4.79 Å². The van der Waals surface area contributed by atoms with Crippen LogP contribution >= 0.6 is 11.8 Å². The first kappa shape index (κ1) is 17.3. The molecule has 1 N–H and O–H groups in total. The molecule has 0 unspecified atom stereocenters. The van der Waals surface area contributed by atoms with Crippen LogP contribution in [0, 0.1) is 13.8 Å². The van der Waals surface area contributed by atoms with Gasteiger partial charge < -0.3 is 9.73 Å². The second-order valence-electron chi connectivity index (χ2n) is 6.04. The summed E-state index contributed by atoms with van der Waals surface area (Å²) >= 11 is 1.70. The molecule has 0 bridgehead atoms. The number of amides is 1. The quantitative estimate of drug-likeness (QED) is 0.547. The summed E-state index contributed by atoms with van der Waals surface area (Å²) < 4.78 is 5.30. The third-order valence-corrected chi connectivity index (χ3v) is 5.08. The van der Waals surface area contributed by atoms with Gasteiger partial charge in [0, 0.05) is 40.8 Å². The van der Waals surface area contributed by atoms with Gasteiger partial charge in [0.05, 0.1) is 0 Å². The minimum Gasteiger partial charge on any atom is -0.423 e. The molecule has 0 radical (unpaired) electrons. The lowest BCUT2D eigenvalue weighted by molar-refractivity contribution is -0.114. The van der Waals surface area contributed by atoms with Gasteiger partial charge >= 0.3 is 5.63 Å². The molecule has 1 heterocycles. The van der Waals surface area contributed by atoms with E-state index in [0.29, 0.717) is 17.0 Å². The molecule has 4 nitrogen and oxygen atoms in total. The van der Waals surface area contributed by atoms with Crippen molar-refractivity contribution in [3.05, 3.63) is 69.6 Å². The van der Waals surface area contributed by atoms with Crippen LogP contribution in [0.2, 0.25) is 0 Å². The number of aryl methyl sites for hydroxylation is 2. The lowest BCUT2D eigenvalue weighted by Gasteiger charge is -2.09. The Kier molecular flexibility index (Phi) is 4.95. The molecule has 0 aliphatic heterocycles. The first-order valence-corrected chi connectivity index (χ1v) is 8.95. The summed E-state index contributed by atoms with van der Waals surface area (Å²) in [7, 11) is 0. The highest BCUT2D eigenvalue weighted by Crippen LogP contribution is 2.30. The first-order chi connectivity index (χ1) is 11.9. The summed E-state index contributed by atoms with van der Waals surface area (Å²) in [6.45, 7) is 5.59. The summed E-state index contributed by atoms with van der Waals surface area (Å²) in [5.74, 6) is 0.509. The normalized spacial score (nSPS) is 10.8. The number of hydrogen-bond donors (Lipinski definition) is 1. The maximum Gasteiger partial charge on any atom is 0.336 e. The molecule has 1 aromatic heterocycles. The lowest BCUT2D eigenvalue weighted by atomic mass is 10.1. The van der Waals surface area contributed by atoms with Gasteiger partial charge in [0.25, 0.3) is 0 Å². The van der Waals surface area contributed by atoms with E-state index in [4.69, 9.17) is 4.42 Å². The SMILES string of the molecule is CC(=O)Nc1ccc2c(CSc3cc(C)ccc3C)cc(=O)oc2c1. The van der Waals surface area contributed by atoms with Crippen molar-refractivity contribution in [3.8, 4) is 0 Å². The number of carbonyl (C=O) groups is 1. The third-order valence-electron chi connectivity index (χ3n) is 3.88. The number of rotatable bonds is 4. The zero-order valence-corrected chi connectivity index (χ0v) is 15.2. The Morgan fingerprint density at radius 1 is 1.12 bits per heavy atom. The van der Waals surface area contributed by atoms with Gasteiger partial charge in [0.1, 0.15) is 5.58 Å². The van der Waals surface area contributed by atoms with E-state index in [9.17, 15) is 9.59 Å². The fourth-order valence-electron chi connectivity index (χ4n) is 2.65. The van der Waals surface area contributed by atoms with Crippen LogP contribution < -0.4 is 10.9 Å². The number of carbonyl (C=O) groups excluding carboxylic acids is 1. The highest BCUT2D eigenvalue weighted by Gasteiger charge is 2.09. The Hall–Kier alpha value is -2.53. The highest BCUT2D eigenvalue weighted by molar-refractivity contribution is 7.98. The van der Waals surface area contributed by atoms with Crippen molar-refractivity contribution in [1.82, 2.24) is 0 Å². The minimum absolute atomic E-state index is 0.164. The van der Waals surface area contributed by atoms with Crippen molar-refractivity contribution in [2.75, 3.05) is 5.32 Å². The monoisotopic (exact) mass is 353 g/mol. The molecule has 2 aromatic carbocycles. The number of anilines is 1. The predicted octanol–water partition coefficient (Wildman–Crippen LogP) is 4.66. The van der Waals surface area contributed by atoms with E-state index in [1.807, 2.05) is 12.1 Å². The molecule has 128 valence electrons. The molecule has 1 amide bonds. The average Bonchev–Trinajstić information content (AvgIpc) is 2.54. The molecular formula is C20H19NO3S. The minimum atomic E-state index is -0.385. The van der Waals surface area contributed by atoms with Gasteiger partial charge in [-0.2, -0.15) is 0 Å². The maximum absolute atomic E-state index is 11.9. The molecule has 0 aliphatic carbocycles. The average molecular weight is 353 g/mol.